The van der Waals surface area contributed by atoms with Crippen molar-refractivity contribution >= 4 is 0 Å². The molecule has 2 aromatic carbocycles. The monoisotopic (exact) mass is 327 g/mol. The number of hydrogen-bond acceptors (Lipinski definition) is 3. The van der Waals surface area contributed by atoms with Crippen LogP contribution < -0.4 is 5.56 Å². The average Bonchev–Trinajstić information content (AvgIpc) is 2.63. The van der Waals surface area contributed by atoms with E-state index in [1.54, 1.807) is 0 Å². The number of fused-ring (bicyclic) bond motifs is 1. The van der Waals surface area contributed by atoms with Gasteiger partial charge in [0.25, 0.3) is 5.56 Å². The zero-order chi connectivity index (χ0) is 17.2. The van der Waals surface area contributed by atoms with Crippen LogP contribution in [-0.2, 0) is 6.54 Å². The van der Waals surface area contributed by atoms with E-state index in [1.807, 2.05) is 66.3 Å². The first-order valence-electron chi connectivity index (χ1n) is 8.18. The van der Waals surface area contributed by atoms with E-state index >= 15 is 0 Å². The molecule has 2 heterocycles. The van der Waals surface area contributed by atoms with Crippen LogP contribution in [0.5, 0.6) is 0 Å². The number of pyridine rings is 1. The van der Waals surface area contributed by atoms with Gasteiger partial charge in [-0.3, -0.25) is 9.48 Å². The van der Waals surface area contributed by atoms with Crippen molar-refractivity contribution < 1.29 is 0 Å². The molecule has 25 heavy (non-hydrogen) atoms. The Balaban J connectivity index is 1.88. The lowest BCUT2D eigenvalue weighted by molar-refractivity contribution is 0.668. The molecule has 0 N–H and O–H groups in total. The summed E-state index contributed by atoms with van der Waals surface area (Å²) in [6.07, 6.45) is 1.94. The molecular formula is C21H17N3O. The van der Waals surface area contributed by atoms with E-state index in [4.69, 9.17) is 5.10 Å². The lowest BCUT2D eigenvalue weighted by Gasteiger charge is -2.15. The molecule has 4 rings (SSSR count). The Bertz CT molecular complexity index is 1040. The van der Waals surface area contributed by atoms with Gasteiger partial charge in [0.1, 0.15) is 11.4 Å². The quantitative estimate of drug-likeness (QED) is 0.575. The second-order valence-electron chi connectivity index (χ2n) is 6.11. The van der Waals surface area contributed by atoms with Crippen LogP contribution in [0.15, 0.2) is 77.7 Å². The number of aryl methyl sites for hydroxylation is 1. The minimum absolute atomic E-state index is 0.247. The maximum Gasteiger partial charge on any atom is 0.270 e. The fraction of sp³-hybridized carbons (Fsp3) is 0.0952. The third kappa shape index (κ3) is 3.19. The summed E-state index contributed by atoms with van der Waals surface area (Å²) < 4.78 is 1.90. The van der Waals surface area contributed by atoms with E-state index in [-0.39, 0.29) is 5.56 Å². The zero-order valence-electron chi connectivity index (χ0n) is 13.9. The SMILES string of the molecule is Cc1ccc(-c2nn(Cc3ccccc3)cc3ccc(=O)nc2-3)cc1. The molecule has 0 atom stereocenters. The topological polar surface area (TPSA) is 47.8 Å². The first-order chi connectivity index (χ1) is 12.2. The molecule has 0 bridgehead atoms. The van der Waals surface area contributed by atoms with Gasteiger partial charge in [-0.05, 0) is 18.6 Å². The maximum atomic E-state index is 11.8. The molecule has 0 aliphatic carbocycles. The number of nitrogens with zero attached hydrogens (tertiary/aromatic N) is 3. The number of benzene rings is 2. The maximum absolute atomic E-state index is 11.8. The van der Waals surface area contributed by atoms with Crippen LogP contribution in [0.2, 0.25) is 0 Å². The standard InChI is InChI=1S/C21H17N3O/c1-15-7-9-17(10-8-15)21-20-18(11-12-19(25)22-20)14-24(23-21)13-16-5-3-2-4-6-16/h2-12,14H,13H2,1H3. The summed E-state index contributed by atoms with van der Waals surface area (Å²) in [7, 11) is 0. The Kier molecular flexibility index (Phi) is 3.86. The minimum atomic E-state index is -0.247. The van der Waals surface area contributed by atoms with Crippen LogP contribution in [0.1, 0.15) is 11.1 Å². The van der Waals surface area contributed by atoms with Gasteiger partial charge in [0.05, 0.1) is 6.54 Å². The summed E-state index contributed by atoms with van der Waals surface area (Å²) >= 11 is 0. The minimum Gasteiger partial charge on any atom is -0.267 e. The molecular weight excluding hydrogens is 310 g/mol. The van der Waals surface area contributed by atoms with E-state index in [1.165, 1.54) is 17.2 Å². The Morgan fingerprint density at radius 3 is 2.32 bits per heavy atom. The Morgan fingerprint density at radius 1 is 0.840 bits per heavy atom. The largest absolute Gasteiger partial charge is 0.270 e. The van der Waals surface area contributed by atoms with Gasteiger partial charge in [-0.25, -0.2) is 4.98 Å². The second kappa shape index (κ2) is 6.32. The molecule has 0 unspecified atom stereocenters. The highest BCUT2D eigenvalue weighted by molar-refractivity contribution is 5.77. The molecule has 2 aliphatic rings. The molecule has 0 saturated carbocycles. The second-order valence-corrected chi connectivity index (χ2v) is 6.11. The fourth-order valence-electron chi connectivity index (χ4n) is 2.87. The third-order valence-corrected chi connectivity index (χ3v) is 4.15. The molecule has 0 fully saturated rings. The van der Waals surface area contributed by atoms with Gasteiger partial charge in [-0.15, -0.1) is 0 Å². The van der Waals surface area contributed by atoms with E-state index in [9.17, 15) is 4.79 Å². The summed E-state index contributed by atoms with van der Waals surface area (Å²) in [4.78, 5) is 15.9. The van der Waals surface area contributed by atoms with Crippen molar-refractivity contribution in [2.24, 2.45) is 0 Å². The van der Waals surface area contributed by atoms with Gasteiger partial charge in [0.2, 0.25) is 0 Å². The van der Waals surface area contributed by atoms with Crippen LogP contribution >= 0.6 is 0 Å². The van der Waals surface area contributed by atoms with Crippen LogP contribution in [0.25, 0.3) is 22.5 Å². The average molecular weight is 327 g/mol. The molecule has 0 spiro atoms. The molecule has 2 aromatic rings. The molecule has 0 aromatic heterocycles. The molecule has 0 amide bonds. The van der Waals surface area contributed by atoms with Crippen molar-refractivity contribution in [2.75, 3.05) is 0 Å². The summed E-state index contributed by atoms with van der Waals surface area (Å²) in [5.41, 5.74) is 5.33. The highest BCUT2D eigenvalue weighted by Gasteiger charge is 2.15. The van der Waals surface area contributed by atoms with Crippen LogP contribution in [-0.4, -0.2) is 14.8 Å². The van der Waals surface area contributed by atoms with Gasteiger partial charge in [-0.1, -0.05) is 60.2 Å². The zero-order valence-corrected chi connectivity index (χ0v) is 13.9. The predicted octanol–water partition coefficient (Wildman–Crippen LogP) is 3.77. The molecule has 0 saturated heterocycles. The normalized spacial score (nSPS) is 10.9. The first kappa shape index (κ1) is 15.3. The summed E-state index contributed by atoms with van der Waals surface area (Å²) in [5.74, 6) is 0. The lowest BCUT2D eigenvalue weighted by Crippen LogP contribution is -2.13. The van der Waals surface area contributed by atoms with Gasteiger partial charge in [0, 0.05) is 23.4 Å². The van der Waals surface area contributed by atoms with Crippen molar-refractivity contribution in [1.29, 1.82) is 0 Å². The van der Waals surface area contributed by atoms with Crippen molar-refractivity contribution in [3.63, 3.8) is 0 Å². The van der Waals surface area contributed by atoms with Crippen LogP contribution in [0, 0.1) is 6.92 Å². The Labute approximate surface area is 145 Å². The van der Waals surface area contributed by atoms with E-state index in [0.29, 0.717) is 12.2 Å². The van der Waals surface area contributed by atoms with E-state index < -0.39 is 0 Å². The molecule has 4 nitrogen and oxygen atoms in total. The highest BCUT2D eigenvalue weighted by atomic mass is 16.1. The van der Waals surface area contributed by atoms with Crippen LogP contribution in [0.4, 0.5) is 0 Å². The molecule has 4 heteroatoms. The van der Waals surface area contributed by atoms with Gasteiger partial charge < -0.3 is 0 Å². The van der Waals surface area contributed by atoms with Gasteiger partial charge in [0.15, 0.2) is 0 Å². The third-order valence-electron chi connectivity index (χ3n) is 4.15. The highest BCUT2D eigenvalue weighted by Crippen LogP contribution is 2.29. The molecule has 122 valence electrons. The fourth-order valence-corrected chi connectivity index (χ4v) is 2.87. The van der Waals surface area contributed by atoms with Crippen molar-refractivity contribution in [2.45, 2.75) is 13.5 Å². The van der Waals surface area contributed by atoms with Gasteiger partial charge in [-0.2, -0.15) is 5.10 Å². The summed E-state index contributed by atoms with van der Waals surface area (Å²) in [5, 5.41) is 4.75. The number of hydrogen-bond donors (Lipinski definition) is 0. The molecule has 2 aliphatic heterocycles. The number of aromatic nitrogens is 3. The van der Waals surface area contributed by atoms with E-state index in [0.717, 1.165) is 16.8 Å². The smallest absolute Gasteiger partial charge is 0.267 e. The summed E-state index contributed by atoms with van der Waals surface area (Å²) in [6.45, 7) is 2.71. The van der Waals surface area contributed by atoms with Crippen molar-refractivity contribution in [3.8, 4) is 22.5 Å². The van der Waals surface area contributed by atoms with Crippen LogP contribution in [0.3, 0.4) is 0 Å². The summed E-state index contributed by atoms with van der Waals surface area (Å²) in [6, 6.07) is 21.6. The van der Waals surface area contributed by atoms with E-state index in [2.05, 4.69) is 17.1 Å². The van der Waals surface area contributed by atoms with Crippen molar-refractivity contribution in [3.05, 3.63) is 94.4 Å². The number of rotatable bonds is 3. The van der Waals surface area contributed by atoms with Crippen molar-refractivity contribution in [1.82, 2.24) is 14.8 Å². The Hall–Kier alpha value is -3.27. The first-order valence-corrected chi connectivity index (χ1v) is 8.18. The van der Waals surface area contributed by atoms with Gasteiger partial charge >= 0.3 is 0 Å². The molecule has 0 radical (unpaired) electrons. The Morgan fingerprint density at radius 2 is 1.56 bits per heavy atom. The predicted molar refractivity (Wildman–Crippen MR) is 98.6 cm³/mol. The lowest BCUT2D eigenvalue weighted by atomic mass is 10.0.